The first-order valence-corrected chi connectivity index (χ1v) is 6.93. The summed E-state index contributed by atoms with van der Waals surface area (Å²) in [7, 11) is 0. The molecule has 0 atom stereocenters. The average molecular weight is 301 g/mol. The van der Waals surface area contributed by atoms with Gasteiger partial charge in [-0.1, -0.05) is 35.9 Å². The number of fused-ring (bicyclic) bond motifs is 1. The highest BCUT2D eigenvalue weighted by Gasteiger charge is 2.10. The number of nitrogens with one attached hydrogen (secondary N) is 1. The van der Waals surface area contributed by atoms with Gasteiger partial charge in [-0.2, -0.15) is 5.10 Å². The molecule has 0 radical (unpaired) electrons. The zero-order valence-electron chi connectivity index (χ0n) is 11.2. The number of amides is 1. The Labute approximate surface area is 126 Å². The minimum Gasteiger partial charge on any atom is -0.349 e. The quantitative estimate of drug-likeness (QED) is 0.753. The molecule has 1 aromatic carbocycles. The predicted molar refractivity (Wildman–Crippen MR) is 81.3 cm³/mol. The van der Waals surface area contributed by atoms with E-state index in [0.717, 1.165) is 10.8 Å². The van der Waals surface area contributed by atoms with Gasteiger partial charge in [0, 0.05) is 24.3 Å². The molecule has 106 valence electrons. The maximum Gasteiger partial charge on any atom is 0.270 e. The molecule has 3 aromatic rings. The molecular formula is C15H13ClN4O. The van der Waals surface area contributed by atoms with Gasteiger partial charge in [0.05, 0.1) is 6.54 Å². The van der Waals surface area contributed by atoms with Gasteiger partial charge in [-0.25, -0.2) is 4.98 Å². The molecule has 0 saturated carbocycles. The van der Waals surface area contributed by atoms with Crippen LogP contribution in [0.1, 0.15) is 10.5 Å². The van der Waals surface area contributed by atoms with Gasteiger partial charge in [-0.05, 0) is 17.5 Å². The monoisotopic (exact) mass is 300 g/mol. The van der Waals surface area contributed by atoms with Crippen molar-refractivity contribution in [3.8, 4) is 0 Å². The zero-order chi connectivity index (χ0) is 14.7. The molecule has 5 nitrogen and oxygen atoms in total. The maximum absolute atomic E-state index is 12.1. The van der Waals surface area contributed by atoms with Crippen molar-refractivity contribution < 1.29 is 4.79 Å². The standard InChI is InChI=1S/C15H13ClN4O/c16-14-12-5-2-1-4-11(12)10-13(19-14)15(21)17-7-9-20-8-3-6-18-20/h1-6,8,10H,7,9H2,(H,17,21). The highest BCUT2D eigenvalue weighted by Crippen LogP contribution is 2.22. The van der Waals surface area contributed by atoms with E-state index in [4.69, 9.17) is 11.6 Å². The number of hydrogen-bond donors (Lipinski definition) is 1. The van der Waals surface area contributed by atoms with E-state index in [1.54, 1.807) is 16.9 Å². The van der Waals surface area contributed by atoms with Gasteiger partial charge in [0.2, 0.25) is 0 Å². The fraction of sp³-hybridized carbons (Fsp3) is 0.133. The predicted octanol–water partition coefficient (Wildman–Crippen LogP) is 2.51. The summed E-state index contributed by atoms with van der Waals surface area (Å²) in [6, 6.07) is 11.2. The van der Waals surface area contributed by atoms with Crippen LogP contribution in [-0.4, -0.2) is 27.2 Å². The molecule has 1 amide bonds. The van der Waals surface area contributed by atoms with Crippen molar-refractivity contribution in [3.05, 3.63) is 59.6 Å². The van der Waals surface area contributed by atoms with Crippen molar-refractivity contribution in [3.63, 3.8) is 0 Å². The maximum atomic E-state index is 12.1. The molecule has 0 aliphatic rings. The third-order valence-corrected chi connectivity index (χ3v) is 3.40. The van der Waals surface area contributed by atoms with Gasteiger partial charge in [0.1, 0.15) is 10.8 Å². The van der Waals surface area contributed by atoms with E-state index in [1.807, 2.05) is 36.5 Å². The fourth-order valence-corrected chi connectivity index (χ4v) is 2.34. The first-order valence-electron chi connectivity index (χ1n) is 6.55. The van der Waals surface area contributed by atoms with Gasteiger partial charge in [-0.15, -0.1) is 0 Å². The highest BCUT2D eigenvalue weighted by atomic mass is 35.5. The minimum absolute atomic E-state index is 0.241. The van der Waals surface area contributed by atoms with E-state index in [9.17, 15) is 4.79 Å². The van der Waals surface area contributed by atoms with E-state index in [2.05, 4.69) is 15.4 Å². The smallest absolute Gasteiger partial charge is 0.270 e. The number of carbonyl (C=O) groups excluding carboxylic acids is 1. The minimum atomic E-state index is -0.241. The molecule has 0 aliphatic heterocycles. The van der Waals surface area contributed by atoms with E-state index in [0.29, 0.717) is 23.9 Å². The Hall–Kier alpha value is -2.40. The molecule has 2 aromatic heterocycles. The second kappa shape index (κ2) is 5.93. The van der Waals surface area contributed by atoms with E-state index >= 15 is 0 Å². The topological polar surface area (TPSA) is 59.8 Å². The summed E-state index contributed by atoms with van der Waals surface area (Å²) in [4.78, 5) is 16.3. The van der Waals surface area contributed by atoms with Crippen molar-refractivity contribution in [2.45, 2.75) is 6.54 Å². The Balaban J connectivity index is 1.72. The van der Waals surface area contributed by atoms with Crippen LogP contribution in [0.2, 0.25) is 5.15 Å². The number of benzene rings is 1. The third kappa shape index (κ3) is 3.03. The van der Waals surface area contributed by atoms with Crippen LogP contribution in [0.4, 0.5) is 0 Å². The van der Waals surface area contributed by atoms with Crippen LogP contribution in [0.15, 0.2) is 48.8 Å². The largest absolute Gasteiger partial charge is 0.349 e. The second-order valence-corrected chi connectivity index (χ2v) is 4.90. The van der Waals surface area contributed by atoms with Crippen molar-refractivity contribution in [1.29, 1.82) is 0 Å². The van der Waals surface area contributed by atoms with Crippen LogP contribution >= 0.6 is 11.6 Å². The molecule has 1 N–H and O–H groups in total. The summed E-state index contributed by atoms with van der Waals surface area (Å²) >= 11 is 6.12. The average Bonchev–Trinajstić information content (AvgIpc) is 3.00. The van der Waals surface area contributed by atoms with Crippen LogP contribution in [-0.2, 0) is 6.54 Å². The molecule has 2 heterocycles. The Bertz CT molecular complexity index is 770. The molecule has 0 bridgehead atoms. The molecule has 0 fully saturated rings. The SMILES string of the molecule is O=C(NCCn1cccn1)c1cc2ccccc2c(Cl)n1. The number of halogens is 1. The summed E-state index contributed by atoms with van der Waals surface area (Å²) in [5.74, 6) is -0.241. The van der Waals surface area contributed by atoms with E-state index < -0.39 is 0 Å². The highest BCUT2D eigenvalue weighted by molar-refractivity contribution is 6.34. The van der Waals surface area contributed by atoms with Crippen molar-refractivity contribution >= 4 is 28.3 Å². The number of aromatic nitrogens is 3. The van der Waals surface area contributed by atoms with Gasteiger partial charge >= 0.3 is 0 Å². The molecule has 0 spiro atoms. The van der Waals surface area contributed by atoms with Crippen LogP contribution in [0.5, 0.6) is 0 Å². The molecule has 3 rings (SSSR count). The fourth-order valence-electron chi connectivity index (χ4n) is 2.08. The number of pyridine rings is 1. The lowest BCUT2D eigenvalue weighted by Crippen LogP contribution is -2.28. The van der Waals surface area contributed by atoms with Gasteiger partial charge in [0.15, 0.2) is 0 Å². The molecule has 6 heteroatoms. The number of nitrogens with zero attached hydrogens (tertiary/aromatic N) is 3. The molecule has 0 saturated heterocycles. The Morgan fingerprint density at radius 3 is 2.95 bits per heavy atom. The Kier molecular flexibility index (Phi) is 3.83. The summed E-state index contributed by atoms with van der Waals surface area (Å²) in [5, 5.41) is 8.95. The lowest BCUT2D eigenvalue weighted by molar-refractivity contribution is 0.0947. The Morgan fingerprint density at radius 2 is 2.14 bits per heavy atom. The van der Waals surface area contributed by atoms with Crippen LogP contribution in [0.3, 0.4) is 0 Å². The van der Waals surface area contributed by atoms with E-state index in [-0.39, 0.29) is 5.91 Å². The lowest BCUT2D eigenvalue weighted by atomic mass is 10.1. The lowest BCUT2D eigenvalue weighted by Gasteiger charge is -2.07. The number of rotatable bonds is 4. The van der Waals surface area contributed by atoms with Gasteiger partial charge in [0.25, 0.3) is 5.91 Å². The van der Waals surface area contributed by atoms with Crippen LogP contribution in [0.25, 0.3) is 10.8 Å². The van der Waals surface area contributed by atoms with Crippen LogP contribution in [0, 0.1) is 0 Å². The van der Waals surface area contributed by atoms with Crippen LogP contribution < -0.4 is 5.32 Å². The van der Waals surface area contributed by atoms with Crippen molar-refractivity contribution in [1.82, 2.24) is 20.1 Å². The van der Waals surface area contributed by atoms with Crippen molar-refractivity contribution in [2.75, 3.05) is 6.54 Å². The van der Waals surface area contributed by atoms with Crippen molar-refractivity contribution in [2.24, 2.45) is 0 Å². The summed E-state index contributed by atoms with van der Waals surface area (Å²) in [6.07, 6.45) is 3.55. The Morgan fingerprint density at radius 1 is 1.29 bits per heavy atom. The van der Waals surface area contributed by atoms with E-state index in [1.165, 1.54) is 0 Å². The summed E-state index contributed by atoms with van der Waals surface area (Å²) < 4.78 is 1.75. The second-order valence-electron chi connectivity index (χ2n) is 4.54. The van der Waals surface area contributed by atoms with Gasteiger partial charge < -0.3 is 5.32 Å². The first kappa shape index (κ1) is 13.6. The molecular weight excluding hydrogens is 288 g/mol. The number of carbonyl (C=O) groups is 1. The molecule has 0 unspecified atom stereocenters. The third-order valence-electron chi connectivity index (χ3n) is 3.11. The first-order chi connectivity index (χ1) is 10.2. The molecule has 21 heavy (non-hydrogen) atoms. The molecule has 0 aliphatic carbocycles. The van der Waals surface area contributed by atoms with Gasteiger partial charge in [-0.3, -0.25) is 9.48 Å². The summed E-state index contributed by atoms with van der Waals surface area (Å²) in [5.41, 5.74) is 0.319. The summed E-state index contributed by atoms with van der Waals surface area (Å²) in [6.45, 7) is 1.09. The zero-order valence-corrected chi connectivity index (χ0v) is 11.9. The number of hydrogen-bond acceptors (Lipinski definition) is 3. The normalized spacial score (nSPS) is 10.7.